The molecule has 0 saturated carbocycles. The fourth-order valence-electron chi connectivity index (χ4n) is 2.36. The lowest BCUT2D eigenvalue weighted by Crippen LogP contribution is -2.28. The topological polar surface area (TPSA) is 65.4 Å². The molecule has 124 valence electrons. The molecule has 0 radical (unpaired) electrons. The molecule has 1 aliphatic rings. The van der Waals surface area contributed by atoms with Crippen molar-refractivity contribution in [1.82, 2.24) is 10.2 Å². The van der Waals surface area contributed by atoms with E-state index >= 15 is 0 Å². The number of likely N-dealkylation sites (tertiary alicyclic amines) is 1. The molecule has 1 N–H and O–H groups in total. The summed E-state index contributed by atoms with van der Waals surface area (Å²) in [6, 6.07) is 2.01. The number of carbonyl (C=O) groups excluding carboxylic acids is 1. The summed E-state index contributed by atoms with van der Waals surface area (Å²) in [6.45, 7) is 5.97. The van der Waals surface area contributed by atoms with Gasteiger partial charge in [-0.15, -0.1) is 0 Å². The highest BCUT2D eigenvalue weighted by Gasteiger charge is 2.12. The smallest absolute Gasteiger partial charge is 0.263 e. The predicted octanol–water partition coefficient (Wildman–Crippen LogP) is 2.59. The molecule has 1 fully saturated rings. The molecule has 0 atom stereocenters. The molecule has 1 heterocycles. The average molecular weight is 307 g/mol. The minimum Gasteiger partial charge on any atom is -0.381 e. The highest BCUT2D eigenvalue weighted by Crippen LogP contribution is 2.11. The van der Waals surface area contributed by atoms with Crippen molar-refractivity contribution in [3.8, 4) is 6.07 Å². The van der Waals surface area contributed by atoms with E-state index in [4.69, 9.17) is 10.00 Å². The number of hydrogen-bond acceptors (Lipinski definition) is 4. The third-order valence-corrected chi connectivity index (χ3v) is 3.71. The first-order valence-corrected chi connectivity index (χ1v) is 8.50. The third kappa shape index (κ3) is 8.04. The van der Waals surface area contributed by atoms with Crippen LogP contribution in [0.4, 0.5) is 0 Å². The van der Waals surface area contributed by atoms with Crippen LogP contribution in [0.25, 0.3) is 0 Å². The van der Waals surface area contributed by atoms with E-state index in [0.717, 1.165) is 51.8 Å². The van der Waals surface area contributed by atoms with E-state index in [2.05, 4.69) is 17.1 Å². The quantitative estimate of drug-likeness (QED) is 0.404. The van der Waals surface area contributed by atoms with Crippen molar-refractivity contribution in [2.75, 3.05) is 32.8 Å². The van der Waals surface area contributed by atoms with E-state index in [0.29, 0.717) is 13.2 Å². The molecule has 0 aromatic heterocycles. The SMILES string of the molecule is CCCCOCCCNC(=O)/C(C#N)=C\N1CCCCCC1. The van der Waals surface area contributed by atoms with Gasteiger partial charge in [0.25, 0.3) is 5.91 Å². The lowest BCUT2D eigenvalue weighted by Gasteiger charge is -2.17. The molecule has 1 rings (SSSR count). The maximum absolute atomic E-state index is 12.0. The first kappa shape index (κ1) is 18.5. The summed E-state index contributed by atoms with van der Waals surface area (Å²) < 4.78 is 5.44. The predicted molar refractivity (Wildman–Crippen MR) is 87.1 cm³/mol. The minimum atomic E-state index is -0.277. The Hall–Kier alpha value is -1.54. The number of carbonyl (C=O) groups is 1. The van der Waals surface area contributed by atoms with Gasteiger partial charge in [0.15, 0.2) is 0 Å². The third-order valence-electron chi connectivity index (χ3n) is 3.71. The van der Waals surface area contributed by atoms with Crippen LogP contribution in [0.15, 0.2) is 11.8 Å². The number of nitriles is 1. The lowest BCUT2D eigenvalue weighted by molar-refractivity contribution is -0.117. The van der Waals surface area contributed by atoms with Gasteiger partial charge in [-0.25, -0.2) is 0 Å². The van der Waals surface area contributed by atoms with Crippen molar-refractivity contribution in [3.63, 3.8) is 0 Å². The van der Waals surface area contributed by atoms with E-state index < -0.39 is 0 Å². The molecule has 1 aliphatic heterocycles. The van der Waals surface area contributed by atoms with Crippen molar-refractivity contribution >= 4 is 5.91 Å². The number of hydrogen-bond donors (Lipinski definition) is 1. The number of rotatable bonds is 9. The zero-order valence-corrected chi connectivity index (χ0v) is 13.8. The van der Waals surface area contributed by atoms with Crippen molar-refractivity contribution in [2.45, 2.75) is 51.9 Å². The van der Waals surface area contributed by atoms with Gasteiger partial charge in [-0.2, -0.15) is 5.26 Å². The van der Waals surface area contributed by atoms with Crippen LogP contribution in [0.3, 0.4) is 0 Å². The van der Waals surface area contributed by atoms with Crippen LogP contribution in [-0.4, -0.2) is 43.7 Å². The maximum Gasteiger partial charge on any atom is 0.263 e. The maximum atomic E-state index is 12.0. The highest BCUT2D eigenvalue weighted by molar-refractivity contribution is 5.97. The van der Waals surface area contributed by atoms with Gasteiger partial charge < -0.3 is 15.0 Å². The molecule has 1 saturated heterocycles. The van der Waals surface area contributed by atoms with Crippen molar-refractivity contribution in [1.29, 1.82) is 5.26 Å². The van der Waals surface area contributed by atoms with Crippen molar-refractivity contribution in [2.24, 2.45) is 0 Å². The van der Waals surface area contributed by atoms with E-state index in [1.54, 1.807) is 6.20 Å². The standard InChI is InChI=1S/C17H29N3O2/c1-2-3-12-22-13-8-9-19-17(21)16(14-18)15-20-10-6-4-5-7-11-20/h15H,2-13H2,1H3,(H,19,21)/b16-15-. The van der Waals surface area contributed by atoms with Gasteiger partial charge in [-0.1, -0.05) is 26.2 Å². The average Bonchev–Trinajstić information content (AvgIpc) is 2.80. The van der Waals surface area contributed by atoms with Gasteiger partial charge in [0.1, 0.15) is 11.6 Å². The summed E-state index contributed by atoms with van der Waals surface area (Å²) in [6.07, 6.45) is 9.42. The normalized spacial score (nSPS) is 16.0. The molecule has 22 heavy (non-hydrogen) atoms. The van der Waals surface area contributed by atoms with Gasteiger partial charge in [0.2, 0.25) is 0 Å². The van der Waals surface area contributed by atoms with Crippen LogP contribution >= 0.6 is 0 Å². The summed E-state index contributed by atoms with van der Waals surface area (Å²) >= 11 is 0. The summed E-state index contributed by atoms with van der Waals surface area (Å²) in [4.78, 5) is 14.1. The number of nitrogens with zero attached hydrogens (tertiary/aromatic N) is 2. The highest BCUT2D eigenvalue weighted by atomic mass is 16.5. The molecule has 0 spiro atoms. The number of nitrogens with one attached hydrogen (secondary N) is 1. The van der Waals surface area contributed by atoms with Crippen LogP contribution in [-0.2, 0) is 9.53 Å². The molecule has 0 bridgehead atoms. The molecular formula is C17H29N3O2. The fourth-order valence-corrected chi connectivity index (χ4v) is 2.36. The summed E-state index contributed by atoms with van der Waals surface area (Å²) in [5, 5.41) is 12.0. The number of amides is 1. The summed E-state index contributed by atoms with van der Waals surface area (Å²) in [5.74, 6) is -0.277. The number of ether oxygens (including phenoxy) is 1. The van der Waals surface area contributed by atoms with Gasteiger partial charge in [0.05, 0.1) is 0 Å². The van der Waals surface area contributed by atoms with Gasteiger partial charge in [-0.05, 0) is 25.7 Å². The van der Waals surface area contributed by atoms with Gasteiger partial charge in [0, 0.05) is 39.0 Å². The Labute approximate surface area is 134 Å². The van der Waals surface area contributed by atoms with Crippen LogP contribution in [0.2, 0.25) is 0 Å². The Balaban J connectivity index is 2.27. The molecule has 0 aromatic carbocycles. The Kier molecular flexibility index (Phi) is 10.1. The first-order valence-electron chi connectivity index (χ1n) is 8.50. The summed E-state index contributed by atoms with van der Waals surface area (Å²) in [7, 11) is 0. The van der Waals surface area contributed by atoms with Crippen LogP contribution < -0.4 is 5.32 Å². The largest absolute Gasteiger partial charge is 0.381 e. The molecule has 5 heteroatoms. The zero-order valence-electron chi connectivity index (χ0n) is 13.8. The second-order valence-electron chi connectivity index (χ2n) is 5.68. The Bertz CT molecular complexity index is 380. The zero-order chi connectivity index (χ0) is 16.0. The molecule has 1 amide bonds. The van der Waals surface area contributed by atoms with Gasteiger partial charge >= 0.3 is 0 Å². The van der Waals surface area contributed by atoms with Crippen LogP contribution in [0.1, 0.15) is 51.9 Å². The monoisotopic (exact) mass is 307 g/mol. The van der Waals surface area contributed by atoms with Crippen molar-refractivity contribution in [3.05, 3.63) is 11.8 Å². The lowest BCUT2D eigenvalue weighted by atomic mass is 10.2. The van der Waals surface area contributed by atoms with E-state index in [-0.39, 0.29) is 11.5 Å². The van der Waals surface area contributed by atoms with Crippen LogP contribution in [0.5, 0.6) is 0 Å². The molecular weight excluding hydrogens is 278 g/mol. The fraction of sp³-hybridized carbons (Fsp3) is 0.765. The molecule has 0 unspecified atom stereocenters. The van der Waals surface area contributed by atoms with Gasteiger partial charge in [-0.3, -0.25) is 4.79 Å². The molecule has 0 aliphatic carbocycles. The first-order chi connectivity index (χ1) is 10.8. The van der Waals surface area contributed by atoms with E-state index in [1.807, 2.05) is 6.07 Å². The molecule has 0 aromatic rings. The Morgan fingerprint density at radius 2 is 1.91 bits per heavy atom. The minimum absolute atomic E-state index is 0.203. The Morgan fingerprint density at radius 3 is 2.55 bits per heavy atom. The molecule has 5 nitrogen and oxygen atoms in total. The van der Waals surface area contributed by atoms with Crippen molar-refractivity contribution < 1.29 is 9.53 Å². The second kappa shape index (κ2) is 12.0. The number of unbranched alkanes of at least 4 members (excludes halogenated alkanes) is 1. The Morgan fingerprint density at radius 1 is 1.23 bits per heavy atom. The van der Waals surface area contributed by atoms with E-state index in [1.165, 1.54) is 12.8 Å². The second-order valence-corrected chi connectivity index (χ2v) is 5.68. The van der Waals surface area contributed by atoms with Crippen LogP contribution in [0, 0.1) is 11.3 Å². The van der Waals surface area contributed by atoms with E-state index in [9.17, 15) is 4.79 Å². The summed E-state index contributed by atoms with van der Waals surface area (Å²) in [5.41, 5.74) is 0.203.